The Morgan fingerprint density at radius 1 is 1.50 bits per heavy atom. The molecule has 0 fully saturated rings. The second-order valence-corrected chi connectivity index (χ2v) is 3.04. The molecule has 1 unspecified atom stereocenters. The number of hydrogen-bond acceptors (Lipinski definition) is 4. The third-order valence-corrected chi connectivity index (χ3v) is 2.14. The third kappa shape index (κ3) is 1.13. The van der Waals surface area contributed by atoms with Gasteiger partial charge in [0.15, 0.2) is 0 Å². The molecule has 0 aromatic carbocycles. The molecule has 0 bridgehead atoms. The molecule has 0 radical (unpaired) electrons. The van der Waals surface area contributed by atoms with E-state index in [0.29, 0.717) is 5.56 Å². The van der Waals surface area contributed by atoms with Gasteiger partial charge in [-0.05, 0) is 0 Å². The van der Waals surface area contributed by atoms with E-state index in [9.17, 15) is 0 Å². The van der Waals surface area contributed by atoms with Crippen molar-refractivity contribution < 1.29 is 0 Å². The fourth-order valence-corrected chi connectivity index (χ4v) is 1.46. The molecule has 1 atom stereocenters. The average molecular weight is 187 g/mol. The minimum Gasteiger partial charge on any atom is -0.312 e. The van der Waals surface area contributed by atoms with Gasteiger partial charge in [0.25, 0.3) is 0 Å². The smallest absolute Gasteiger partial charge is 0.122 e. The van der Waals surface area contributed by atoms with Gasteiger partial charge in [0, 0.05) is 30.4 Å². The Morgan fingerprint density at radius 2 is 2.29 bits per heavy atom. The van der Waals surface area contributed by atoms with E-state index in [0.717, 1.165) is 10.9 Å². The zero-order valence-corrected chi connectivity index (χ0v) is 7.68. The third-order valence-electron chi connectivity index (χ3n) is 2.14. The Morgan fingerprint density at radius 3 is 3.00 bits per heavy atom. The van der Waals surface area contributed by atoms with Crippen LogP contribution in [0.4, 0.5) is 0 Å². The monoisotopic (exact) mass is 187 g/mol. The van der Waals surface area contributed by atoms with Crippen LogP contribution in [-0.2, 0) is 7.05 Å². The molecule has 2 heterocycles. The van der Waals surface area contributed by atoms with Crippen molar-refractivity contribution >= 4 is 10.9 Å². The molecule has 5 heteroatoms. The highest BCUT2D eigenvalue weighted by molar-refractivity contribution is 5.81. The van der Waals surface area contributed by atoms with Crippen LogP contribution in [0.2, 0.25) is 0 Å². The molecule has 5 nitrogen and oxygen atoms in total. The number of aryl methyl sites for hydroxylation is 1. The van der Waals surface area contributed by atoms with Crippen LogP contribution in [0, 0.1) is 11.3 Å². The highest BCUT2D eigenvalue weighted by Crippen LogP contribution is 2.20. The van der Waals surface area contributed by atoms with Crippen molar-refractivity contribution in [1.82, 2.24) is 14.8 Å². The van der Waals surface area contributed by atoms with Gasteiger partial charge in [-0.1, -0.05) is 0 Å². The van der Waals surface area contributed by atoms with Crippen LogP contribution < -0.4 is 5.73 Å². The van der Waals surface area contributed by atoms with Gasteiger partial charge in [-0.2, -0.15) is 10.4 Å². The lowest BCUT2D eigenvalue weighted by atomic mass is 10.1. The fourth-order valence-electron chi connectivity index (χ4n) is 1.46. The number of hydrogen-bond donors (Lipinski definition) is 1. The van der Waals surface area contributed by atoms with E-state index in [1.54, 1.807) is 23.3 Å². The molecule has 0 saturated carbocycles. The predicted octanol–water partition coefficient (Wildman–Crippen LogP) is 0.492. The van der Waals surface area contributed by atoms with Crippen LogP contribution in [0.1, 0.15) is 11.6 Å². The van der Waals surface area contributed by atoms with Crippen LogP contribution in [0.5, 0.6) is 0 Å². The number of nitrogens with two attached hydrogens (primary N) is 1. The number of aromatic nitrogens is 3. The van der Waals surface area contributed by atoms with Crippen molar-refractivity contribution in [1.29, 1.82) is 5.26 Å². The van der Waals surface area contributed by atoms with Crippen LogP contribution in [0.25, 0.3) is 10.9 Å². The summed E-state index contributed by atoms with van der Waals surface area (Å²) >= 11 is 0. The summed E-state index contributed by atoms with van der Waals surface area (Å²) in [5.74, 6) is 0. The SMILES string of the molecule is Cn1ncc2cncc(C(N)C#N)c21. The average Bonchev–Trinajstić information content (AvgIpc) is 2.59. The summed E-state index contributed by atoms with van der Waals surface area (Å²) in [6, 6.07) is 1.34. The van der Waals surface area contributed by atoms with Crippen molar-refractivity contribution in [2.75, 3.05) is 0 Å². The highest BCUT2D eigenvalue weighted by atomic mass is 15.2. The molecule has 0 aliphatic heterocycles. The Bertz CT molecular complexity index is 507. The maximum atomic E-state index is 8.74. The van der Waals surface area contributed by atoms with Gasteiger partial charge in [0.1, 0.15) is 6.04 Å². The van der Waals surface area contributed by atoms with Crippen molar-refractivity contribution in [3.05, 3.63) is 24.2 Å². The largest absolute Gasteiger partial charge is 0.312 e. The summed E-state index contributed by atoms with van der Waals surface area (Å²) in [6.45, 7) is 0. The Labute approximate surface area is 80.8 Å². The molecular formula is C9H9N5. The summed E-state index contributed by atoms with van der Waals surface area (Å²) in [4.78, 5) is 4.01. The van der Waals surface area contributed by atoms with Crippen molar-refractivity contribution in [2.24, 2.45) is 12.8 Å². The van der Waals surface area contributed by atoms with Gasteiger partial charge in [0.2, 0.25) is 0 Å². The van der Waals surface area contributed by atoms with Crippen LogP contribution in [0.3, 0.4) is 0 Å². The first-order chi connectivity index (χ1) is 6.74. The summed E-state index contributed by atoms with van der Waals surface area (Å²) in [7, 11) is 1.82. The van der Waals surface area contributed by atoms with Crippen molar-refractivity contribution in [3.63, 3.8) is 0 Å². The number of nitrogens with zero attached hydrogens (tertiary/aromatic N) is 4. The summed E-state index contributed by atoms with van der Waals surface area (Å²) < 4.78 is 1.70. The van der Waals surface area contributed by atoms with E-state index in [-0.39, 0.29) is 0 Å². The summed E-state index contributed by atoms with van der Waals surface area (Å²) in [5, 5.41) is 13.7. The number of pyridine rings is 1. The molecule has 0 saturated heterocycles. The molecule has 2 aromatic rings. The number of nitriles is 1. The van der Waals surface area contributed by atoms with Gasteiger partial charge in [-0.15, -0.1) is 0 Å². The van der Waals surface area contributed by atoms with Gasteiger partial charge in [-0.25, -0.2) is 0 Å². The first-order valence-electron chi connectivity index (χ1n) is 4.15. The second-order valence-electron chi connectivity index (χ2n) is 3.04. The second kappa shape index (κ2) is 3.09. The lowest BCUT2D eigenvalue weighted by Crippen LogP contribution is -2.09. The lowest BCUT2D eigenvalue weighted by Gasteiger charge is -2.05. The zero-order valence-electron chi connectivity index (χ0n) is 7.68. The zero-order chi connectivity index (χ0) is 10.1. The van der Waals surface area contributed by atoms with Gasteiger partial charge in [0.05, 0.1) is 17.8 Å². The molecule has 70 valence electrons. The van der Waals surface area contributed by atoms with E-state index >= 15 is 0 Å². The minimum absolute atomic E-state index is 0.651. The summed E-state index contributed by atoms with van der Waals surface area (Å²) in [5.41, 5.74) is 7.23. The fraction of sp³-hybridized carbons (Fsp3) is 0.222. The highest BCUT2D eigenvalue weighted by Gasteiger charge is 2.12. The van der Waals surface area contributed by atoms with Crippen molar-refractivity contribution in [2.45, 2.75) is 6.04 Å². The first-order valence-corrected chi connectivity index (χ1v) is 4.15. The maximum absolute atomic E-state index is 8.74. The quantitative estimate of drug-likeness (QED) is 0.704. The number of rotatable bonds is 1. The molecule has 0 aliphatic carbocycles. The standard InChI is InChI=1S/C9H9N5/c1-14-9-6(4-13-14)3-12-5-7(9)8(11)2-10/h3-5,8H,11H2,1H3. The summed E-state index contributed by atoms with van der Waals surface area (Å²) in [6.07, 6.45) is 5.02. The van der Waals surface area contributed by atoms with Gasteiger partial charge < -0.3 is 5.73 Å². The van der Waals surface area contributed by atoms with Crippen LogP contribution >= 0.6 is 0 Å². The molecular weight excluding hydrogens is 178 g/mol. The van der Waals surface area contributed by atoms with E-state index in [1.807, 2.05) is 13.1 Å². The first kappa shape index (κ1) is 8.66. The molecule has 0 spiro atoms. The Hall–Kier alpha value is -1.93. The molecule has 2 aromatic heterocycles. The molecule has 2 rings (SSSR count). The molecule has 0 amide bonds. The van der Waals surface area contributed by atoms with E-state index < -0.39 is 6.04 Å². The van der Waals surface area contributed by atoms with Crippen LogP contribution in [-0.4, -0.2) is 14.8 Å². The van der Waals surface area contributed by atoms with E-state index in [2.05, 4.69) is 10.1 Å². The Kier molecular flexibility index (Phi) is 1.91. The van der Waals surface area contributed by atoms with E-state index in [1.165, 1.54) is 0 Å². The van der Waals surface area contributed by atoms with Crippen LogP contribution in [0.15, 0.2) is 18.6 Å². The number of fused-ring (bicyclic) bond motifs is 1. The Balaban J connectivity index is 2.76. The van der Waals surface area contributed by atoms with Gasteiger partial charge >= 0.3 is 0 Å². The normalized spacial score (nSPS) is 12.6. The minimum atomic E-state index is -0.651. The van der Waals surface area contributed by atoms with Crippen molar-refractivity contribution in [3.8, 4) is 6.07 Å². The topological polar surface area (TPSA) is 80.5 Å². The molecule has 14 heavy (non-hydrogen) atoms. The maximum Gasteiger partial charge on any atom is 0.122 e. The lowest BCUT2D eigenvalue weighted by molar-refractivity contribution is 0.785. The molecule has 0 aliphatic rings. The predicted molar refractivity (Wildman–Crippen MR) is 51.1 cm³/mol. The van der Waals surface area contributed by atoms with Gasteiger partial charge in [-0.3, -0.25) is 9.67 Å². The van der Waals surface area contributed by atoms with E-state index in [4.69, 9.17) is 11.0 Å². The molecule has 2 N–H and O–H groups in total.